The zero-order valence-corrected chi connectivity index (χ0v) is 22.6. The number of halogens is 2. The van der Waals surface area contributed by atoms with Crippen molar-refractivity contribution < 1.29 is 37.9 Å². The molecule has 0 radical (unpaired) electrons. The van der Waals surface area contributed by atoms with Crippen molar-refractivity contribution in [3.05, 3.63) is 62.4 Å². The number of nitrogens with zero attached hydrogens (tertiary/aromatic N) is 2. The van der Waals surface area contributed by atoms with Crippen molar-refractivity contribution in [2.75, 3.05) is 0 Å². The molecule has 0 aliphatic carbocycles. The molecule has 12 nitrogen and oxygen atoms in total. The Kier molecular flexibility index (Phi) is 9.80. The average Bonchev–Trinajstić information content (AvgIpc) is 3.07. The molecule has 7 atom stereocenters. The predicted molar refractivity (Wildman–Crippen MR) is 132 cm³/mol. The first kappa shape index (κ1) is 29.9. The molecule has 2 N–H and O–H groups in total. The molecule has 0 spiro atoms. The van der Waals surface area contributed by atoms with Crippen molar-refractivity contribution in [3.8, 4) is 5.75 Å². The molecule has 15 heteroatoms. The number of carbonyl (C=O) groups excluding carboxylic acids is 1. The van der Waals surface area contributed by atoms with E-state index >= 15 is 4.39 Å². The topological polar surface area (TPSA) is 164 Å². The van der Waals surface area contributed by atoms with E-state index < -0.39 is 67.9 Å². The fraction of sp³-hybridized carbons (Fsp3) is 0.522. The fourth-order valence-electron chi connectivity index (χ4n) is 3.62. The molecule has 1 aromatic heterocycles. The van der Waals surface area contributed by atoms with Crippen molar-refractivity contribution >= 4 is 25.7 Å². The lowest BCUT2D eigenvalue weighted by Gasteiger charge is -2.25. The molecule has 208 valence electrons. The number of alkyl halides is 1. The van der Waals surface area contributed by atoms with Gasteiger partial charge in [-0.25, -0.2) is 14.0 Å². The van der Waals surface area contributed by atoms with Crippen LogP contribution in [0.5, 0.6) is 5.75 Å². The number of benzene rings is 1. The van der Waals surface area contributed by atoms with Crippen LogP contribution in [0.3, 0.4) is 0 Å². The maximum atomic E-state index is 15.8. The first-order chi connectivity index (χ1) is 17.8. The van der Waals surface area contributed by atoms with Gasteiger partial charge in [0.15, 0.2) is 24.0 Å². The fourth-order valence-corrected chi connectivity index (χ4v) is 4.62. The van der Waals surface area contributed by atoms with Crippen LogP contribution in [-0.4, -0.2) is 56.9 Å². The van der Waals surface area contributed by atoms with Crippen LogP contribution in [0.25, 0.3) is 0 Å². The van der Waals surface area contributed by atoms with E-state index in [1.807, 2.05) is 4.98 Å². The van der Waals surface area contributed by atoms with Gasteiger partial charge < -0.3 is 24.2 Å². The van der Waals surface area contributed by atoms with E-state index in [0.29, 0.717) is 5.02 Å². The molecular weight excluding hydrogens is 548 g/mol. The Balaban J connectivity index is 1.94. The quantitative estimate of drug-likeness (QED) is 0.245. The van der Waals surface area contributed by atoms with Crippen molar-refractivity contribution in [3.63, 3.8) is 0 Å². The first-order valence-corrected chi connectivity index (χ1v) is 13.2. The minimum absolute atomic E-state index is 0.134. The van der Waals surface area contributed by atoms with Crippen LogP contribution >= 0.6 is 19.8 Å². The molecule has 1 aliphatic rings. The van der Waals surface area contributed by atoms with E-state index in [9.17, 15) is 24.4 Å². The summed E-state index contributed by atoms with van der Waals surface area (Å²) in [6, 6.07) is 5.72. The molecule has 2 heterocycles. The van der Waals surface area contributed by atoms with E-state index in [0.717, 1.165) is 23.8 Å². The van der Waals surface area contributed by atoms with E-state index in [-0.39, 0.29) is 12.2 Å². The third kappa shape index (κ3) is 7.04. The molecule has 3 rings (SSSR count). The number of aliphatic hydroxyl groups excluding tert-OH is 1. The Morgan fingerprint density at radius 1 is 1.34 bits per heavy atom. The SMILES string of the molecule is CC[C@H](N=[P+]([O-])O[C@@H](Oc1ccc(Cl)cc1)[C@@H]1OC(n2ccc(=O)[nH]c2=O)[C@](C)(F)[C@@H]1O)C(=O)OC(C)C. The zero-order valence-electron chi connectivity index (χ0n) is 20.9. The lowest BCUT2D eigenvalue weighted by atomic mass is 9.98. The average molecular weight is 576 g/mol. The van der Waals surface area contributed by atoms with Crippen molar-refractivity contribution in [2.24, 2.45) is 4.74 Å². The van der Waals surface area contributed by atoms with Crippen molar-refractivity contribution in [2.45, 2.75) is 76.7 Å². The highest BCUT2D eigenvalue weighted by molar-refractivity contribution is 7.33. The van der Waals surface area contributed by atoms with Crippen LogP contribution in [0.4, 0.5) is 4.39 Å². The Morgan fingerprint density at radius 3 is 2.58 bits per heavy atom. The molecule has 1 aliphatic heterocycles. The number of aliphatic hydroxyl groups is 1. The standard InChI is InChI=1S/C23H28ClFN3O9P/c1-5-15(19(31)34-12(2)3)27-38(33)37-20(35-14-8-6-13(24)7-9-14)17-18(30)23(4,25)21(36-17)28-11-10-16(29)26-22(28)32/h6-12,15,17-18,20-21,30H,5H2,1-4H3,(H,26,29,32)/t15-,17+,18+,20+,21?,23+/m0/s1. The molecule has 0 amide bonds. The van der Waals surface area contributed by atoms with Crippen molar-refractivity contribution in [1.82, 2.24) is 9.55 Å². The summed E-state index contributed by atoms with van der Waals surface area (Å²) in [6.07, 6.45) is -6.30. The van der Waals surface area contributed by atoms with Crippen LogP contribution < -0.4 is 20.9 Å². The van der Waals surface area contributed by atoms with E-state index in [1.165, 1.54) is 24.3 Å². The molecule has 1 saturated heterocycles. The number of rotatable bonds is 10. The maximum absolute atomic E-state index is 15.8. The van der Waals surface area contributed by atoms with Gasteiger partial charge in [0, 0.05) is 17.3 Å². The molecule has 1 aromatic carbocycles. The normalized spacial score (nSPS) is 25.3. The summed E-state index contributed by atoms with van der Waals surface area (Å²) in [5.74, 6) is -0.578. The Hall–Kier alpha value is -2.67. The zero-order chi connectivity index (χ0) is 28.2. The largest absolute Gasteiger partial charge is 0.583 e. The molecular formula is C23H28ClFN3O9P. The van der Waals surface area contributed by atoms with Gasteiger partial charge in [0.2, 0.25) is 0 Å². The Morgan fingerprint density at radius 2 is 2.00 bits per heavy atom. The van der Waals surface area contributed by atoms with Crippen LogP contribution in [0, 0.1) is 0 Å². The number of esters is 1. The molecule has 38 heavy (non-hydrogen) atoms. The van der Waals surface area contributed by atoms with E-state index in [1.54, 1.807) is 20.8 Å². The number of hydrogen-bond donors (Lipinski definition) is 2. The number of aromatic nitrogens is 2. The molecule has 2 aromatic rings. The predicted octanol–water partition coefficient (Wildman–Crippen LogP) is 2.18. The minimum atomic E-state index is -2.98. The maximum Gasteiger partial charge on any atom is 0.346 e. The summed E-state index contributed by atoms with van der Waals surface area (Å²) < 4.78 is 42.3. The lowest BCUT2D eigenvalue weighted by Crippen LogP contribution is -2.46. The van der Waals surface area contributed by atoms with Gasteiger partial charge in [-0.3, -0.25) is 14.3 Å². The van der Waals surface area contributed by atoms with Gasteiger partial charge in [-0.1, -0.05) is 23.3 Å². The van der Waals surface area contributed by atoms with Crippen LogP contribution in [0.1, 0.15) is 40.3 Å². The Bertz CT molecular complexity index is 1270. The smallest absolute Gasteiger partial charge is 0.346 e. The van der Waals surface area contributed by atoms with Crippen molar-refractivity contribution in [1.29, 1.82) is 0 Å². The van der Waals surface area contributed by atoms with Gasteiger partial charge in [-0.15, -0.1) is 4.52 Å². The van der Waals surface area contributed by atoms with E-state index in [4.69, 9.17) is 30.3 Å². The number of carbonyl (C=O) groups is 1. The van der Waals surface area contributed by atoms with Crippen LogP contribution in [0.15, 0.2) is 50.9 Å². The summed E-state index contributed by atoms with van der Waals surface area (Å²) in [7, 11) is -2.98. The summed E-state index contributed by atoms with van der Waals surface area (Å²) >= 11 is 5.91. The van der Waals surface area contributed by atoms with Gasteiger partial charge >= 0.3 is 19.8 Å². The van der Waals surface area contributed by atoms with Crippen LogP contribution in [0.2, 0.25) is 5.02 Å². The highest BCUT2D eigenvalue weighted by atomic mass is 35.5. The lowest BCUT2D eigenvalue weighted by molar-refractivity contribution is -0.206. The molecule has 0 saturated carbocycles. The third-order valence-electron chi connectivity index (χ3n) is 5.53. The second-order valence-corrected chi connectivity index (χ2v) is 10.2. The first-order valence-electron chi connectivity index (χ1n) is 11.6. The second kappa shape index (κ2) is 12.5. The second-order valence-electron chi connectivity index (χ2n) is 8.88. The number of hydrogen-bond acceptors (Lipinski definition) is 10. The summed E-state index contributed by atoms with van der Waals surface area (Å²) in [4.78, 5) is 50.8. The monoisotopic (exact) mass is 575 g/mol. The highest BCUT2D eigenvalue weighted by Gasteiger charge is 2.59. The minimum Gasteiger partial charge on any atom is -0.583 e. The number of ether oxygens (including phenoxy) is 3. The highest BCUT2D eigenvalue weighted by Crippen LogP contribution is 2.43. The van der Waals surface area contributed by atoms with Gasteiger partial charge in [-0.05, 0) is 51.5 Å². The summed E-state index contributed by atoms with van der Waals surface area (Å²) in [6.45, 7) is 5.91. The third-order valence-corrected chi connectivity index (χ3v) is 6.64. The number of nitrogens with one attached hydrogen (secondary N) is 1. The van der Waals surface area contributed by atoms with Gasteiger partial charge in [0.05, 0.1) is 6.10 Å². The Labute approximate surface area is 222 Å². The summed E-state index contributed by atoms with van der Waals surface area (Å²) in [5, 5.41) is 11.2. The number of aromatic amines is 1. The van der Waals surface area contributed by atoms with Gasteiger partial charge in [0.25, 0.3) is 11.8 Å². The van der Waals surface area contributed by atoms with Gasteiger partial charge in [0.1, 0.15) is 11.9 Å². The van der Waals surface area contributed by atoms with Gasteiger partial charge in [-0.2, -0.15) is 0 Å². The summed E-state index contributed by atoms with van der Waals surface area (Å²) in [5.41, 5.74) is -4.28. The molecule has 2 unspecified atom stereocenters. The molecule has 1 fully saturated rings. The van der Waals surface area contributed by atoms with Crippen LogP contribution in [-0.2, 0) is 18.8 Å². The number of H-pyrrole nitrogens is 1. The molecule has 0 bridgehead atoms. The van der Waals surface area contributed by atoms with E-state index in [2.05, 4.69) is 4.74 Å².